The van der Waals surface area contributed by atoms with Gasteiger partial charge in [0.2, 0.25) is 0 Å². The lowest BCUT2D eigenvalue weighted by Crippen LogP contribution is -2.03. The first-order valence-corrected chi connectivity index (χ1v) is 6.77. The van der Waals surface area contributed by atoms with Gasteiger partial charge in [0.05, 0.1) is 11.4 Å². The van der Waals surface area contributed by atoms with Crippen LogP contribution in [0.2, 0.25) is 0 Å². The van der Waals surface area contributed by atoms with Crippen LogP contribution in [-0.2, 0) is 0 Å². The molecule has 0 aliphatic heterocycles. The number of hydrogen-bond donors (Lipinski definition) is 0. The smallest absolute Gasteiger partial charge is 0.172 e. The molecule has 2 aromatic carbocycles. The fourth-order valence-electron chi connectivity index (χ4n) is 2.69. The van der Waals surface area contributed by atoms with E-state index in [2.05, 4.69) is 28.5 Å². The molecule has 0 saturated heterocycles. The van der Waals surface area contributed by atoms with Crippen molar-refractivity contribution >= 4 is 17.1 Å². The Morgan fingerprint density at radius 2 is 1.90 bits per heavy atom. The quantitative estimate of drug-likeness (QED) is 0.682. The van der Waals surface area contributed by atoms with Crippen LogP contribution in [0, 0.1) is 0 Å². The molecule has 0 unspecified atom stereocenters. The van der Waals surface area contributed by atoms with E-state index >= 15 is 0 Å². The summed E-state index contributed by atoms with van der Waals surface area (Å²) in [5.74, 6) is 0.421. The van der Waals surface area contributed by atoms with Crippen molar-refractivity contribution in [3.63, 3.8) is 0 Å². The summed E-state index contributed by atoms with van der Waals surface area (Å²) in [4.78, 5) is 11.2. The Morgan fingerprint density at radius 1 is 1.10 bits per heavy atom. The fraction of sp³-hybridized carbons (Fsp3) is 0.188. The molecule has 0 N–H and O–H groups in total. The van der Waals surface area contributed by atoms with Crippen LogP contribution in [0.4, 0.5) is 0 Å². The Balaban J connectivity index is 2.00. The first-order valence-electron chi connectivity index (χ1n) is 6.77. The van der Waals surface area contributed by atoms with Gasteiger partial charge in [0.1, 0.15) is 5.69 Å². The summed E-state index contributed by atoms with van der Waals surface area (Å²) in [5, 5.41) is 10.5. The van der Waals surface area contributed by atoms with E-state index in [1.165, 1.54) is 0 Å². The van der Waals surface area contributed by atoms with Crippen molar-refractivity contribution in [1.29, 1.82) is 0 Å². The molecule has 1 fully saturated rings. The molecule has 0 bridgehead atoms. The average Bonchev–Trinajstić information content (AvgIpc) is 3.25. The molecule has 4 heteroatoms. The first kappa shape index (κ1) is 11.3. The number of carbonyl (C=O) groups is 1. The lowest BCUT2D eigenvalue weighted by Gasteiger charge is -2.09. The maximum absolute atomic E-state index is 11.2. The molecule has 0 spiro atoms. The summed E-state index contributed by atoms with van der Waals surface area (Å²) in [6.07, 6.45) is 3.03. The number of fused-ring (bicyclic) bond motifs is 1. The Bertz CT molecular complexity index is 797. The van der Waals surface area contributed by atoms with Gasteiger partial charge in [0, 0.05) is 11.3 Å². The van der Waals surface area contributed by atoms with Crippen LogP contribution in [0.1, 0.15) is 34.9 Å². The Morgan fingerprint density at radius 3 is 2.70 bits per heavy atom. The average molecular weight is 263 g/mol. The lowest BCUT2D eigenvalue weighted by molar-refractivity contribution is 0.111. The zero-order chi connectivity index (χ0) is 13.5. The number of benzene rings is 2. The minimum absolute atomic E-state index is 0.421. The van der Waals surface area contributed by atoms with E-state index in [1.807, 2.05) is 28.9 Å². The van der Waals surface area contributed by atoms with E-state index in [0.717, 1.165) is 41.3 Å². The normalized spacial score (nSPS) is 14.6. The van der Waals surface area contributed by atoms with Crippen LogP contribution >= 0.6 is 0 Å². The van der Waals surface area contributed by atoms with Crippen LogP contribution in [0.25, 0.3) is 16.5 Å². The van der Waals surface area contributed by atoms with E-state index in [9.17, 15) is 4.79 Å². The van der Waals surface area contributed by atoms with Crippen LogP contribution in [0.5, 0.6) is 0 Å². The topological polar surface area (TPSA) is 47.8 Å². The minimum Gasteiger partial charge on any atom is -0.296 e. The molecule has 0 radical (unpaired) electrons. The third-order valence-corrected chi connectivity index (χ3v) is 3.80. The number of nitrogens with zero attached hydrogens (tertiary/aromatic N) is 3. The van der Waals surface area contributed by atoms with E-state index in [0.29, 0.717) is 11.6 Å². The molecule has 1 saturated carbocycles. The second kappa shape index (κ2) is 4.27. The molecule has 0 amide bonds. The molecule has 98 valence electrons. The van der Waals surface area contributed by atoms with E-state index in [4.69, 9.17) is 0 Å². The van der Waals surface area contributed by atoms with E-state index in [1.54, 1.807) is 0 Å². The summed E-state index contributed by atoms with van der Waals surface area (Å²) >= 11 is 0. The van der Waals surface area contributed by atoms with Crippen molar-refractivity contribution in [3.8, 4) is 5.69 Å². The third kappa shape index (κ3) is 1.65. The summed E-state index contributed by atoms with van der Waals surface area (Å²) < 4.78 is 1.84. The highest BCUT2D eigenvalue weighted by molar-refractivity contribution is 5.90. The number of hydrogen-bond acceptors (Lipinski definition) is 3. The van der Waals surface area contributed by atoms with Crippen molar-refractivity contribution in [2.24, 2.45) is 0 Å². The monoisotopic (exact) mass is 263 g/mol. The predicted octanol–water partition coefficient (Wildman–Crippen LogP) is 3.11. The Hall–Kier alpha value is -2.49. The van der Waals surface area contributed by atoms with Crippen molar-refractivity contribution in [2.45, 2.75) is 18.8 Å². The van der Waals surface area contributed by atoms with Gasteiger partial charge in [0.25, 0.3) is 0 Å². The van der Waals surface area contributed by atoms with Gasteiger partial charge in [-0.2, -0.15) is 0 Å². The van der Waals surface area contributed by atoms with Crippen molar-refractivity contribution in [2.75, 3.05) is 0 Å². The molecular formula is C16H13N3O. The first-order chi connectivity index (χ1) is 9.88. The van der Waals surface area contributed by atoms with Crippen LogP contribution in [0.15, 0.2) is 42.5 Å². The largest absolute Gasteiger partial charge is 0.296 e. The maximum atomic E-state index is 11.2. The number of rotatable bonds is 3. The summed E-state index contributed by atoms with van der Waals surface area (Å²) in [6.45, 7) is 0. The maximum Gasteiger partial charge on any atom is 0.172 e. The zero-order valence-corrected chi connectivity index (χ0v) is 10.9. The van der Waals surface area contributed by atoms with Crippen LogP contribution in [-0.4, -0.2) is 21.3 Å². The molecule has 1 heterocycles. The van der Waals surface area contributed by atoms with Gasteiger partial charge in [-0.15, -0.1) is 5.10 Å². The summed E-state index contributed by atoms with van der Waals surface area (Å²) in [5.41, 5.74) is 2.42. The molecule has 4 rings (SSSR count). The van der Waals surface area contributed by atoms with Gasteiger partial charge in [-0.3, -0.25) is 4.79 Å². The van der Waals surface area contributed by atoms with Gasteiger partial charge in [-0.1, -0.05) is 41.6 Å². The number of aldehydes is 1. The van der Waals surface area contributed by atoms with Gasteiger partial charge >= 0.3 is 0 Å². The zero-order valence-electron chi connectivity index (χ0n) is 10.9. The molecule has 1 aliphatic carbocycles. The Labute approximate surface area is 116 Å². The van der Waals surface area contributed by atoms with Gasteiger partial charge in [0.15, 0.2) is 6.29 Å². The standard InChI is InChI=1S/C16H13N3O/c20-10-14-16(12-8-9-12)19(18-17-14)15-7-3-5-11-4-1-2-6-13(11)15/h1-7,10,12H,8-9H2. The molecule has 20 heavy (non-hydrogen) atoms. The Kier molecular flexibility index (Phi) is 2.42. The molecule has 1 aromatic heterocycles. The third-order valence-electron chi connectivity index (χ3n) is 3.80. The minimum atomic E-state index is 0.421. The highest BCUT2D eigenvalue weighted by atomic mass is 16.1. The molecular weight excluding hydrogens is 250 g/mol. The van der Waals surface area contributed by atoms with Crippen LogP contribution in [0.3, 0.4) is 0 Å². The van der Waals surface area contributed by atoms with Gasteiger partial charge in [-0.25, -0.2) is 4.68 Å². The summed E-state index contributed by atoms with van der Waals surface area (Å²) in [6, 6.07) is 14.3. The SMILES string of the molecule is O=Cc1nnn(-c2cccc3ccccc23)c1C1CC1. The highest BCUT2D eigenvalue weighted by Crippen LogP contribution is 2.42. The highest BCUT2D eigenvalue weighted by Gasteiger charge is 2.31. The van der Waals surface area contributed by atoms with Crippen molar-refractivity contribution < 1.29 is 4.79 Å². The van der Waals surface area contributed by atoms with Gasteiger partial charge in [-0.05, 0) is 24.3 Å². The molecule has 3 aromatic rings. The number of aromatic nitrogens is 3. The molecule has 1 aliphatic rings. The van der Waals surface area contributed by atoms with E-state index < -0.39 is 0 Å². The predicted molar refractivity (Wildman–Crippen MR) is 76.2 cm³/mol. The number of carbonyl (C=O) groups excluding carboxylic acids is 1. The fourth-order valence-corrected chi connectivity index (χ4v) is 2.69. The van der Waals surface area contributed by atoms with Gasteiger partial charge < -0.3 is 0 Å². The second-order valence-corrected chi connectivity index (χ2v) is 5.16. The molecule has 4 nitrogen and oxygen atoms in total. The van der Waals surface area contributed by atoms with E-state index in [-0.39, 0.29) is 0 Å². The van der Waals surface area contributed by atoms with Crippen molar-refractivity contribution in [1.82, 2.24) is 15.0 Å². The second-order valence-electron chi connectivity index (χ2n) is 5.16. The lowest BCUT2D eigenvalue weighted by atomic mass is 10.1. The molecule has 0 atom stereocenters. The summed E-state index contributed by atoms with van der Waals surface area (Å²) in [7, 11) is 0. The van der Waals surface area contributed by atoms with Crippen LogP contribution < -0.4 is 0 Å². The van der Waals surface area contributed by atoms with Crippen molar-refractivity contribution in [3.05, 3.63) is 53.9 Å².